The molecule has 3 nitrogen and oxygen atoms in total. The van der Waals surface area contributed by atoms with Crippen LogP contribution in [0, 0.1) is 11.8 Å². The number of hydrogen-bond acceptors (Lipinski definition) is 3. The molecule has 104 valence electrons. The second-order valence-corrected chi connectivity index (χ2v) is 5.82. The summed E-state index contributed by atoms with van der Waals surface area (Å²) in [5.74, 6) is 1.32. The van der Waals surface area contributed by atoms with Crippen LogP contribution in [0.5, 0.6) is 0 Å². The fourth-order valence-electron chi connectivity index (χ4n) is 3.40. The Morgan fingerprint density at radius 2 is 1.17 bits per heavy atom. The highest BCUT2D eigenvalue weighted by atomic mass is 16.1. The summed E-state index contributed by atoms with van der Waals surface area (Å²) in [6.07, 6.45) is 4.39. The molecule has 0 aromatic rings. The van der Waals surface area contributed by atoms with Gasteiger partial charge in [0, 0.05) is 11.8 Å². The van der Waals surface area contributed by atoms with Gasteiger partial charge in [-0.25, -0.2) is 0 Å². The van der Waals surface area contributed by atoms with E-state index in [1.165, 1.54) is 0 Å². The lowest BCUT2D eigenvalue weighted by Crippen LogP contribution is -2.41. The molecule has 2 fully saturated rings. The molecule has 0 N–H and O–H groups in total. The van der Waals surface area contributed by atoms with Gasteiger partial charge in [0.25, 0.3) is 0 Å². The maximum Gasteiger partial charge on any atom is 0.139 e. The summed E-state index contributed by atoms with van der Waals surface area (Å²) in [5.41, 5.74) is 0. The van der Waals surface area contributed by atoms with Crippen LogP contribution in [0.4, 0.5) is 0 Å². The molecule has 0 radical (unpaired) electrons. The molecule has 0 aromatic carbocycles. The SMILES string of the molecule is CCN1CCC(C(=O)C2CCN(CC)CC2)CC1. The van der Waals surface area contributed by atoms with E-state index in [-0.39, 0.29) is 0 Å². The van der Waals surface area contributed by atoms with Gasteiger partial charge >= 0.3 is 0 Å². The Balaban J connectivity index is 1.78. The van der Waals surface area contributed by atoms with Crippen molar-refractivity contribution in [2.75, 3.05) is 39.3 Å². The molecule has 0 unspecified atom stereocenters. The number of piperidine rings is 2. The number of hydrogen-bond donors (Lipinski definition) is 0. The summed E-state index contributed by atoms with van der Waals surface area (Å²) in [4.78, 5) is 17.4. The van der Waals surface area contributed by atoms with E-state index in [9.17, 15) is 4.79 Å². The van der Waals surface area contributed by atoms with Crippen molar-refractivity contribution in [3.63, 3.8) is 0 Å². The van der Waals surface area contributed by atoms with Crippen LogP contribution in [0.1, 0.15) is 39.5 Å². The van der Waals surface area contributed by atoms with E-state index in [0.717, 1.165) is 65.0 Å². The topological polar surface area (TPSA) is 23.6 Å². The molecular formula is C15H28N2O. The maximum absolute atomic E-state index is 12.5. The standard InChI is InChI=1S/C15H28N2O/c1-3-16-9-5-13(6-10-16)15(18)14-7-11-17(4-2)12-8-14/h13-14H,3-12H2,1-2H3. The lowest BCUT2D eigenvalue weighted by atomic mass is 9.81. The molecule has 2 heterocycles. The molecule has 2 aliphatic heterocycles. The second kappa shape index (κ2) is 6.67. The van der Waals surface area contributed by atoms with Crippen molar-refractivity contribution >= 4 is 5.78 Å². The zero-order valence-corrected chi connectivity index (χ0v) is 12.0. The highest BCUT2D eigenvalue weighted by Crippen LogP contribution is 2.26. The average Bonchev–Trinajstić information content (AvgIpc) is 2.47. The van der Waals surface area contributed by atoms with Gasteiger partial charge in [-0.15, -0.1) is 0 Å². The van der Waals surface area contributed by atoms with E-state index in [1.807, 2.05) is 0 Å². The minimum absolute atomic E-state index is 0.367. The van der Waals surface area contributed by atoms with Gasteiger partial charge in [-0.2, -0.15) is 0 Å². The fourth-order valence-corrected chi connectivity index (χ4v) is 3.40. The molecule has 0 amide bonds. The first kappa shape index (κ1) is 14.0. The van der Waals surface area contributed by atoms with Gasteiger partial charge in [0.2, 0.25) is 0 Å². The van der Waals surface area contributed by atoms with E-state index in [0.29, 0.717) is 17.6 Å². The summed E-state index contributed by atoms with van der Waals surface area (Å²) in [5, 5.41) is 0. The normalized spacial score (nSPS) is 25.4. The number of carbonyl (C=O) groups is 1. The zero-order valence-electron chi connectivity index (χ0n) is 12.0. The van der Waals surface area contributed by atoms with Gasteiger partial charge in [0.15, 0.2) is 0 Å². The number of carbonyl (C=O) groups excluding carboxylic acids is 1. The van der Waals surface area contributed by atoms with Crippen LogP contribution < -0.4 is 0 Å². The highest BCUT2D eigenvalue weighted by Gasteiger charge is 2.31. The number of likely N-dealkylation sites (tertiary alicyclic amines) is 2. The Labute approximate surface area is 112 Å². The van der Waals surface area contributed by atoms with Gasteiger partial charge in [-0.3, -0.25) is 4.79 Å². The van der Waals surface area contributed by atoms with Gasteiger partial charge in [0.05, 0.1) is 0 Å². The van der Waals surface area contributed by atoms with Crippen LogP contribution >= 0.6 is 0 Å². The molecule has 0 aliphatic carbocycles. The van der Waals surface area contributed by atoms with Crippen LogP contribution in [0.25, 0.3) is 0 Å². The van der Waals surface area contributed by atoms with Crippen LogP contribution in [0.15, 0.2) is 0 Å². The summed E-state index contributed by atoms with van der Waals surface area (Å²) in [6, 6.07) is 0. The van der Waals surface area contributed by atoms with E-state index in [2.05, 4.69) is 23.6 Å². The Morgan fingerprint density at radius 3 is 1.44 bits per heavy atom. The average molecular weight is 252 g/mol. The smallest absolute Gasteiger partial charge is 0.139 e. The lowest BCUT2D eigenvalue weighted by molar-refractivity contribution is -0.129. The molecule has 18 heavy (non-hydrogen) atoms. The van der Waals surface area contributed by atoms with Gasteiger partial charge in [0.1, 0.15) is 5.78 Å². The van der Waals surface area contributed by atoms with Crippen molar-refractivity contribution in [1.29, 1.82) is 0 Å². The predicted molar refractivity (Wildman–Crippen MR) is 74.7 cm³/mol. The van der Waals surface area contributed by atoms with Crippen molar-refractivity contribution in [3.8, 4) is 0 Å². The molecule has 3 heteroatoms. The number of rotatable bonds is 4. The van der Waals surface area contributed by atoms with Crippen molar-refractivity contribution in [2.45, 2.75) is 39.5 Å². The Kier molecular flexibility index (Phi) is 5.19. The highest BCUT2D eigenvalue weighted by molar-refractivity contribution is 5.83. The van der Waals surface area contributed by atoms with Gasteiger partial charge in [-0.1, -0.05) is 13.8 Å². The van der Waals surface area contributed by atoms with Crippen molar-refractivity contribution < 1.29 is 4.79 Å². The molecule has 2 aliphatic rings. The lowest BCUT2D eigenvalue weighted by Gasteiger charge is -2.35. The monoisotopic (exact) mass is 252 g/mol. The van der Waals surface area contributed by atoms with E-state index in [1.54, 1.807) is 0 Å². The zero-order chi connectivity index (χ0) is 13.0. The largest absolute Gasteiger partial charge is 0.304 e. The predicted octanol–water partition coefficient (Wildman–Crippen LogP) is 2.02. The Bertz CT molecular complexity index is 238. The van der Waals surface area contributed by atoms with Crippen molar-refractivity contribution in [2.24, 2.45) is 11.8 Å². The molecule has 0 bridgehead atoms. The third-order valence-corrected chi connectivity index (χ3v) is 4.87. The molecule has 2 saturated heterocycles. The first-order chi connectivity index (χ1) is 8.74. The van der Waals surface area contributed by atoms with Crippen molar-refractivity contribution in [3.05, 3.63) is 0 Å². The number of ketones is 1. The molecular weight excluding hydrogens is 224 g/mol. The Morgan fingerprint density at radius 1 is 0.833 bits per heavy atom. The first-order valence-corrected chi connectivity index (χ1v) is 7.73. The summed E-state index contributed by atoms with van der Waals surface area (Å²) in [6.45, 7) is 11.2. The fraction of sp³-hybridized carbons (Fsp3) is 0.933. The van der Waals surface area contributed by atoms with Crippen LogP contribution in [-0.2, 0) is 4.79 Å². The number of nitrogens with zero attached hydrogens (tertiary/aromatic N) is 2. The first-order valence-electron chi connectivity index (χ1n) is 7.73. The minimum atomic E-state index is 0.367. The number of Topliss-reactive ketones (excluding diaryl/α,β-unsaturated/α-hetero) is 1. The summed E-state index contributed by atoms with van der Waals surface area (Å²) < 4.78 is 0. The third-order valence-electron chi connectivity index (χ3n) is 4.87. The molecule has 0 saturated carbocycles. The van der Waals surface area contributed by atoms with Crippen LogP contribution in [0.3, 0.4) is 0 Å². The van der Waals surface area contributed by atoms with Crippen LogP contribution in [-0.4, -0.2) is 54.9 Å². The molecule has 0 spiro atoms. The summed E-state index contributed by atoms with van der Waals surface area (Å²) in [7, 11) is 0. The maximum atomic E-state index is 12.5. The molecule has 0 aromatic heterocycles. The van der Waals surface area contributed by atoms with E-state index in [4.69, 9.17) is 0 Å². The van der Waals surface area contributed by atoms with Crippen molar-refractivity contribution in [1.82, 2.24) is 9.80 Å². The second-order valence-electron chi connectivity index (χ2n) is 5.82. The quantitative estimate of drug-likeness (QED) is 0.765. The van der Waals surface area contributed by atoms with Gasteiger partial charge < -0.3 is 9.80 Å². The molecule has 0 atom stereocenters. The van der Waals surface area contributed by atoms with Crippen LogP contribution in [0.2, 0.25) is 0 Å². The van der Waals surface area contributed by atoms with E-state index >= 15 is 0 Å². The molecule has 2 rings (SSSR count). The summed E-state index contributed by atoms with van der Waals surface area (Å²) >= 11 is 0. The van der Waals surface area contributed by atoms with Gasteiger partial charge in [-0.05, 0) is 65.0 Å². The minimum Gasteiger partial charge on any atom is -0.304 e. The van der Waals surface area contributed by atoms with E-state index < -0.39 is 0 Å². The Hall–Kier alpha value is -0.410. The third kappa shape index (κ3) is 3.33.